The van der Waals surface area contributed by atoms with Gasteiger partial charge in [-0.2, -0.15) is 0 Å². The molecule has 1 aliphatic heterocycles. The van der Waals surface area contributed by atoms with Gasteiger partial charge in [0, 0.05) is 37.7 Å². The Bertz CT molecular complexity index is 631. The number of carbonyl (C=O) groups is 2. The van der Waals surface area contributed by atoms with Crippen LogP contribution < -0.4 is 4.74 Å². The zero-order chi connectivity index (χ0) is 17.1. The summed E-state index contributed by atoms with van der Waals surface area (Å²) in [6, 6.07) is 4.25. The highest BCUT2D eigenvalue weighted by molar-refractivity contribution is 5.94. The second-order valence-corrected chi connectivity index (χ2v) is 6.45. The van der Waals surface area contributed by atoms with Crippen LogP contribution in [-0.4, -0.2) is 54.9 Å². The van der Waals surface area contributed by atoms with Crippen LogP contribution >= 0.6 is 0 Å². The van der Waals surface area contributed by atoms with Crippen molar-refractivity contribution in [2.45, 2.75) is 25.7 Å². The molecule has 24 heavy (non-hydrogen) atoms. The van der Waals surface area contributed by atoms with E-state index in [0.717, 1.165) is 25.7 Å². The second kappa shape index (κ2) is 7.20. The Kier molecular flexibility index (Phi) is 5.02. The van der Waals surface area contributed by atoms with Crippen molar-refractivity contribution >= 4 is 11.8 Å². The lowest BCUT2D eigenvalue weighted by Gasteiger charge is -2.31. The molecule has 2 fully saturated rings. The lowest BCUT2D eigenvalue weighted by molar-refractivity contribution is -0.138. The summed E-state index contributed by atoms with van der Waals surface area (Å²) in [5.41, 5.74) is 0.312. The van der Waals surface area contributed by atoms with E-state index < -0.39 is 5.82 Å². The van der Waals surface area contributed by atoms with Gasteiger partial charge in [-0.1, -0.05) is 6.42 Å². The molecular formula is C18H23FN2O3. The summed E-state index contributed by atoms with van der Waals surface area (Å²) in [5, 5.41) is 0. The zero-order valence-corrected chi connectivity index (χ0v) is 14.0. The molecule has 0 radical (unpaired) electrons. The number of carbonyl (C=O) groups excluding carboxylic acids is 2. The number of benzene rings is 1. The molecule has 0 unspecified atom stereocenters. The van der Waals surface area contributed by atoms with Crippen LogP contribution in [0.1, 0.15) is 36.0 Å². The normalized spacial score (nSPS) is 18.8. The Morgan fingerprint density at radius 3 is 2.42 bits per heavy atom. The summed E-state index contributed by atoms with van der Waals surface area (Å²) >= 11 is 0. The van der Waals surface area contributed by atoms with Gasteiger partial charge in [0.1, 0.15) is 0 Å². The minimum Gasteiger partial charge on any atom is -0.494 e. The second-order valence-electron chi connectivity index (χ2n) is 6.45. The highest BCUT2D eigenvalue weighted by Gasteiger charge is 2.31. The summed E-state index contributed by atoms with van der Waals surface area (Å²) in [4.78, 5) is 28.5. The van der Waals surface area contributed by atoms with Gasteiger partial charge in [-0.15, -0.1) is 0 Å². The standard InChI is InChI=1S/C18H23FN2O3/c1-24-16-7-6-14(12-15(16)19)18(23)21-9-3-8-20(10-11-21)17(22)13-4-2-5-13/h6-7,12-13H,2-5,8-11H2,1H3. The molecule has 6 heteroatoms. The molecule has 5 nitrogen and oxygen atoms in total. The minimum atomic E-state index is -0.542. The van der Waals surface area contributed by atoms with Crippen LogP contribution in [0.2, 0.25) is 0 Å². The fourth-order valence-electron chi connectivity index (χ4n) is 3.24. The van der Waals surface area contributed by atoms with E-state index in [1.54, 1.807) is 11.0 Å². The molecule has 0 aromatic heterocycles. The molecule has 2 aliphatic rings. The molecule has 2 amide bonds. The summed E-state index contributed by atoms with van der Waals surface area (Å²) < 4.78 is 18.7. The fraction of sp³-hybridized carbons (Fsp3) is 0.556. The molecule has 3 rings (SSSR count). The van der Waals surface area contributed by atoms with E-state index in [-0.39, 0.29) is 23.5 Å². The maximum atomic E-state index is 13.8. The molecule has 0 atom stereocenters. The third kappa shape index (κ3) is 3.37. The van der Waals surface area contributed by atoms with Crippen LogP contribution in [0.25, 0.3) is 0 Å². The number of hydrogen-bond donors (Lipinski definition) is 0. The zero-order valence-electron chi connectivity index (χ0n) is 14.0. The largest absolute Gasteiger partial charge is 0.494 e. The molecule has 130 valence electrons. The van der Waals surface area contributed by atoms with Crippen molar-refractivity contribution in [1.29, 1.82) is 0 Å². The molecule has 0 N–H and O–H groups in total. The maximum absolute atomic E-state index is 13.8. The van der Waals surface area contributed by atoms with Gasteiger partial charge in [-0.05, 0) is 37.5 Å². The van der Waals surface area contributed by atoms with Crippen molar-refractivity contribution in [2.24, 2.45) is 5.92 Å². The highest BCUT2D eigenvalue weighted by Crippen LogP contribution is 2.28. The number of rotatable bonds is 3. The highest BCUT2D eigenvalue weighted by atomic mass is 19.1. The molecule has 1 heterocycles. The Balaban J connectivity index is 1.63. The first kappa shape index (κ1) is 16.7. The first-order valence-corrected chi connectivity index (χ1v) is 8.51. The fourth-order valence-corrected chi connectivity index (χ4v) is 3.24. The van der Waals surface area contributed by atoms with E-state index in [4.69, 9.17) is 4.74 Å². The van der Waals surface area contributed by atoms with Crippen LogP contribution in [0.5, 0.6) is 5.75 Å². The third-order valence-electron chi connectivity index (χ3n) is 4.95. The number of ether oxygens (including phenoxy) is 1. The number of nitrogens with zero attached hydrogens (tertiary/aromatic N) is 2. The Hall–Kier alpha value is -2.11. The summed E-state index contributed by atoms with van der Waals surface area (Å²) in [6.07, 6.45) is 3.87. The van der Waals surface area contributed by atoms with Gasteiger partial charge in [0.05, 0.1) is 7.11 Å². The Morgan fingerprint density at radius 2 is 1.79 bits per heavy atom. The Morgan fingerprint density at radius 1 is 1.08 bits per heavy atom. The third-order valence-corrected chi connectivity index (χ3v) is 4.95. The maximum Gasteiger partial charge on any atom is 0.254 e. The van der Waals surface area contributed by atoms with Gasteiger partial charge in [-0.25, -0.2) is 4.39 Å². The van der Waals surface area contributed by atoms with Crippen LogP contribution in [0, 0.1) is 11.7 Å². The monoisotopic (exact) mass is 334 g/mol. The molecule has 0 spiro atoms. The van der Waals surface area contributed by atoms with Crippen molar-refractivity contribution in [3.63, 3.8) is 0 Å². The van der Waals surface area contributed by atoms with Gasteiger partial charge in [-0.3, -0.25) is 9.59 Å². The van der Waals surface area contributed by atoms with Crippen LogP contribution in [-0.2, 0) is 4.79 Å². The van der Waals surface area contributed by atoms with Crippen molar-refractivity contribution in [3.8, 4) is 5.75 Å². The van der Waals surface area contributed by atoms with Crippen LogP contribution in [0.4, 0.5) is 4.39 Å². The van der Waals surface area contributed by atoms with E-state index in [1.807, 2.05) is 4.90 Å². The molecule has 1 aromatic rings. The van der Waals surface area contributed by atoms with Crippen molar-refractivity contribution in [3.05, 3.63) is 29.6 Å². The first-order chi connectivity index (χ1) is 11.6. The van der Waals surface area contributed by atoms with E-state index in [0.29, 0.717) is 31.7 Å². The van der Waals surface area contributed by atoms with Crippen molar-refractivity contribution in [2.75, 3.05) is 33.3 Å². The van der Waals surface area contributed by atoms with E-state index >= 15 is 0 Å². The quantitative estimate of drug-likeness (QED) is 0.852. The predicted molar refractivity (Wildman–Crippen MR) is 87.4 cm³/mol. The molecule has 1 aromatic carbocycles. The van der Waals surface area contributed by atoms with Gasteiger partial charge < -0.3 is 14.5 Å². The molecule has 0 bridgehead atoms. The summed E-state index contributed by atoms with van der Waals surface area (Å²) in [6.45, 7) is 2.32. The number of methoxy groups -OCH3 is 1. The minimum absolute atomic E-state index is 0.125. The SMILES string of the molecule is COc1ccc(C(=O)N2CCCN(C(=O)C3CCC3)CC2)cc1F. The molecule has 1 saturated heterocycles. The van der Waals surface area contributed by atoms with Crippen LogP contribution in [0.15, 0.2) is 18.2 Å². The van der Waals surface area contributed by atoms with Crippen molar-refractivity contribution in [1.82, 2.24) is 9.80 Å². The number of amides is 2. The smallest absolute Gasteiger partial charge is 0.254 e. The van der Waals surface area contributed by atoms with Crippen LogP contribution in [0.3, 0.4) is 0 Å². The van der Waals surface area contributed by atoms with Gasteiger partial charge in [0.2, 0.25) is 5.91 Å². The topological polar surface area (TPSA) is 49.9 Å². The Labute approximate surface area is 141 Å². The first-order valence-electron chi connectivity index (χ1n) is 8.51. The number of halogens is 1. The van der Waals surface area contributed by atoms with E-state index in [9.17, 15) is 14.0 Å². The van der Waals surface area contributed by atoms with Gasteiger partial charge in [0.25, 0.3) is 5.91 Å². The number of hydrogen-bond acceptors (Lipinski definition) is 3. The van der Waals surface area contributed by atoms with Gasteiger partial charge in [0.15, 0.2) is 11.6 Å². The van der Waals surface area contributed by atoms with Gasteiger partial charge >= 0.3 is 0 Å². The lowest BCUT2D eigenvalue weighted by Crippen LogP contribution is -2.41. The van der Waals surface area contributed by atoms with E-state index in [2.05, 4.69) is 0 Å². The lowest BCUT2D eigenvalue weighted by atomic mass is 9.84. The summed E-state index contributed by atoms with van der Waals surface area (Å²) in [7, 11) is 1.39. The molecule has 1 aliphatic carbocycles. The van der Waals surface area contributed by atoms with E-state index in [1.165, 1.54) is 19.2 Å². The molecular weight excluding hydrogens is 311 g/mol. The predicted octanol–water partition coefficient (Wildman–Crippen LogP) is 2.31. The average Bonchev–Trinajstić information content (AvgIpc) is 2.78. The average molecular weight is 334 g/mol. The van der Waals surface area contributed by atoms with Crippen molar-refractivity contribution < 1.29 is 18.7 Å². The summed E-state index contributed by atoms with van der Waals surface area (Å²) in [5.74, 6) is -0.205. The molecule has 1 saturated carbocycles.